The molecular formula is C17H20N2O3. The highest BCUT2D eigenvalue weighted by Crippen LogP contribution is 2.33. The van der Waals surface area contributed by atoms with Gasteiger partial charge in [0.05, 0.1) is 6.42 Å². The minimum absolute atomic E-state index is 0.0701. The van der Waals surface area contributed by atoms with Crippen molar-refractivity contribution in [2.24, 2.45) is 5.92 Å². The fraction of sp³-hybridized carbons (Fsp3) is 0.471. The number of hydrogen-bond acceptors (Lipinski definition) is 3. The first-order chi connectivity index (χ1) is 10.6. The highest BCUT2D eigenvalue weighted by atomic mass is 16.2. The smallest absolute Gasteiger partial charge is 0.263 e. The number of aryl methyl sites for hydroxylation is 1. The van der Waals surface area contributed by atoms with Gasteiger partial charge in [-0.1, -0.05) is 25.3 Å². The van der Waals surface area contributed by atoms with Gasteiger partial charge in [-0.05, 0) is 18.8 Å². The molecule has 22 heavy (non-hydrogen) atoms. The van der Waals surface area contributed by atoms with E-state index in [0.717, 1.165) is 24.5 Å². The number of nitrogens with zero attached hydrogens (tertiary/aromatic N) is 1. The standard InChI is InChI=1S/C17H20N2O3/c1-2-8-19-12(5-3-4-11-6-7-11)9-14(20)16-13(19)10-15(21)18-17(16)22/h2,9,11H,1,3-8,10H2,(H,18,21,22). The minimum atomic E-state index is -0.585. The first kappa shape index (κ1) is 14.8. The van der Waals surface area contributed by atoms with E-state index in [9.17, 15) is 14.4 Å². The average molecular weight is 300 g/mol. The molecule has 2 aliphatic rings. The number of fused-ring (bicyclic) bond motifs is 1. The van der Waals surface area contributed by atoms with E-state index >= 15 is 0 Å². The number of nitrogens with one attached hydrogen (secondary N) is 1. The number of amides is 2. The van der Waals surface area contributed by atoms with Crippen LogP contribution in [0.25, 0.3) is 0 Å². The van der Waals surface area contributed by atoms with Crippen molar-refractivity contribution in [3.05, 3.63) is 45.9 Å². The third kappa shape index (κ3) is 2.89. The molecule has 1 fully saturated rings. The van der Waals surface area contributed by atoms with Gasteiger partial charge in [-0.3, -0.25) is 19.7 Å². The van der Waals surface area contributed by atoms with Gasteiger partial charge in [0.15, 0.2) is 5.43 Å². The van der Waals surface area contributed by atoms with Crippen LogP contribution in [0.4, 0.5) is 0 Å². The van der Waals surface area contributed by atoms with Crippen molar-refractivity contribution in [1.82, 2.24) is 9.88 Å². The van der Waals surface area contributed by atoms with Gasteiger partial charge in [0.1, 0.15) is 5.56 Å². The van der Waals surface area contributed by atoms with Crippen molar-refractivity contribution in [3.8, 4) is 0 Å². The number of aromatic nitrogens is 1. The van der Waals surface area contributed by atoms with Crippen LogP contribution in [0.15, 0.2) is 23.5 Å². The molecule has 0 bridgehead atoms. The summed E-state index contributed by atoms with van der Waals surface area (Å²) in [5, 5.41) is 2.21. The zero-order chi connectivity index (χ0) is 15.7. The van der Waals surface area contributed by atoms with Crippen LogP contribution in [0.5, 0.6) is 0 Å². The van der Waals surface area contributed by atoms with Gasteiger partial charge in [-0.25, -0.2) is 0 Å². The summed E-state index contributed by atoms with van der Waals surface area (Å²) >= 11 is 0. The molecular weight excluding hydrogens is 280 g/mol. The molecule has 5 heteroatoms. The topological polar surface area (TPSA) is 68.2 Å². The SMILES string of the molecule is C=CCn1c(CCCC2CC2)cc(=O)c2c1CC(=O)NC2=O. The predicted octanol–water partition coefficient (Wildman–Crippen LogP) is 1.58. The second-order valence-electron chi connectivity index (χ2n) is 6.11. The van der Waals surface area contributed by atoms with Crippen LogP contribution >= 0.6 is 0 Å². The number of allylic oxidation sites excluding steroid dienone is 1. The molecule has 1 aliphatic carbocycles. The van der Waals surface area contributed by atoms with E-state index in [0.29, 0.717) is 12.2 Å². The van der Waals surface area contributed by atoms with Gasteiger partial charge < -0.3 is 4.57 Å². The van der Waals surface area contributed by atoms with Crippen LogP contribution in [0, 0.1) is 5.92 Å². The Kier molecular flexibility index (Phi) is 3.96. The Morgan fingerprint density at radius 1 is 1.32 bits per heavy atom. The van der Waals surface area contributed by atoms with Gasteiger partial charge in [0, 0.05) is 24.0 Å². The number of hydrogen-bond donors (Lipinski definition) is 1. The molecule has 0 aromatic carbocycles. The van der Waals surface area contributed by atoms with Crippen LogP contribution in [-0.4, -0.2) is 16.4 Å². The molecule has 1 aromatic rings. The normalized spacial score (nSPS) is 17.1. The Bertz CT molecular complexity index is 699. The maximum Gasteiger partial charge on any atom is 0.263 e. The monoisotopic (exact) mass is 300 g/mol. The van der Waals surface area contributed by atoms with Crippen molar-refractivity contribution in [2.45, 2.75) is 45.1 Å². The summed E-state index contributed by atoms with van der Waals surface area (Å²) in [5.41, 5.74) is 1.24. The predicted molar refractivity (Wildman–Crippen MR) is 82.7 cm³/mol. The molecule has 2 heterocycles. The Balaban J connectivity index is 1.97. The molecule has 2 amide bonds. The fourth-order valence-electron chi connectivity index (χ4n) is 3.11. The largest absolute Gasteiger partial charge is 0.343 e. The van der Waals surface area contributed by atoms with Crippen LogP contribution in [0.3, 0.4) is 0 Å². The van der Waals surface area contributed by atoms with Crippen molar-refractivity contribution >= 4 is 11.8 Å². The molecule has 1 aromatic heterocycles. The van der Waals surface area contributed by atoms with E-state index in [4.69, 9.17) is 0 Å². The Labute approximate surface area is 129 Å². The van der Waals surface area contributed by atoms with E-state index < -0.39 is 5.91 Å². The lowest BCUT2D eigenvalue weighted by Gasteiger charge is -2.23. The number of rotatable bonds is 6. The highest BCUT2D eigenvalue weighted by Gasteiger charge is 2.28. The molecule has 0 atom stereocenters. The molecule has 0 spiro atoms. The second kappa shape index (κ2) is 5.91. The molecule has 116 valence electrons. The molecule has 3 rings (SSSR count). The number of carbonyl (C=O) groups is 2. The molecule has 0 radical (unpaired) electrons. The summed E-state index contributed by atoms with van der Waals surface area (Å²) in [7, 11) is 0. The number of carbonyl (C=O) groups excluding carboxylic acids is 2. The summed E-state index contributed by atoms with van der Waals surface area (Å²) in [6, 6.07) is 1.55. The first-order valence-corrected chi connectivity index (χ1v) is 7.81. The third-order valence-electron chi connectivity index (χ3n) is 4.37. The maximum atomic E-state index is 12.3. The maximum absolute atomic E-state index is 12.3. The van der Waals surface area contributed by atoms with Crippen molar-refractivity contribution in [2.75, 3.05) is 0 Å². The van der Waals surface area contributed by atoms with Crippen molar-refractivity contribution in [1.29, 1.82) is 0 Å². The van der Waals surface area contributed by atoms with Gasteiger partial charge in [-0.15, -0.1) is 6.58 Å². The van der Waals surface area contributed by atoms with E-state index in [1.807, 2.05) is 4.57 Å². The number of pyridine rings is 1. The summed E-state index contributed by atoms with van der Waals surface area (Å²) in [6.45, 7) is 4.24. The summed E-state index contributed by atoms with van der Waals surface area (Å²) < 4.78 is 1.91. The zero-order valence-electron chi connectivity index (χ0n) is 12.6. The summed E-state index contributed by atoms with van der Waals surface area (Å²) in [5.74, 6) is -0.0898. The Morgan fingerprint density at radius 2 is 2.09 bits per heavy atom. The second-order valence-corrected chi connectivity index (χ2v) is 6.11. The van der Waals surface area contributed by atoms with Crippen molar-refractivity contribution in [3.63, 3.8) is 0 Å². The van der Waals surface area contributed by atoms with Crippen molar-refractivity contribution < 1.29 is 9.59 Å². The Morgan fingerprint density at radius 3 is 2.77 bits per heavy atom. The summed E-state index contributed by atoms with van der Waals surface area (Å²) in [6.07, 6.45) is 7.44. The average Bonchev–Trinajstić information content (AvgIpc) is 3.26. The van der Waals surface area contributed by atoms with Crippen LogP contribution < -0.4 is 10.7 Å². The highest BCUT2D eigenvalue weighted by molar-refractivity contribution is 6.09. The lowest BCUT2D eigenvalue weighted by molar-refractivity contribution is -0.119. The minimum Gasteiger partial charge on any atom is -0.343 e. The van der Waals surface area contributed by atoms with Gasteiger partial charge in [0.2, 0.25) is 5.91 Å². The zero-order valence-corrected chi connectivity index (χ0v) is 12.6. The molecule has 0 saturated heterocycles. The molecule has 1 aliphatic heterocycles. The van der Waals surface area contributed by atoms with E-state index in [1.165, 1.54) is 19.3 Å². The Hall–Kier alpha value is -2.17. The molecule has 1 saturated carbocycles. The summed E-state index contributed by atoms with van der Waals surface area (Å²) in [4.78, 5) is 35.8. The van der Waals surface area contributed by atoms with E-state index in [-0.39, 0.29) is 23.3 Å². The van der Waals surface area contributed by atoms with E-state index in [1.54, 1.807) is 12.1 Å². The number of imide groups is 1. The lowest BCUT2D eigenvalue weighted by atomic mass is 10.0. The molecule has 0 unspecified atom stereocenters. The molecule has 5 nitrogen and oxygen atoms in total. The van der Waals surface area contributed by atoms with Gasteiger partial charge in [0.25, 0.3) is 5.91 Å². The quantitative estimate of drug-likeness (QED) is 0.640. The van der Waals surface area contributed by atoms with Crippen LogP contribution in [0.2, 0.25) is 0 Å². The fourth-order valence-corrected chi connectivity index (χ4v) is 3.11. The lowest BCUT2D eigenvalue weighted by Crippen LogP contribution is -2.43. The van der Waals surface area contributed by atoms with E-state index in [2.05, 4.69) is 11.9 Å². The third-order valence-corrected chi connectivity index (χ3v) is 4.37. The first-order valence-electron chi connectivity index (χ1n) is 7.81. The van der Waals surface area contributed by atoms with Gasteiger partial charge >= 0.3 is 0 Å². The van der Waals surface area contributed by atoms with Crippen LogP contribution in [-0.2, 0) is 24.2 Å². The van der Waals surface area contributed by atoms with Gasteiger partial charge in [-0.2, -0.15) is 0 Å². The van der Waals surface area contributed by atoms with Crippen LogP contribution in [0.1, 0.15) is 47.4 Å². The molecule has 1 N–H and O–H groups in total.